The van der Waals surface area contributed by atoms with E-state index in [1.54, 1.807) is 0 Å². The Bertz CT molecular complexity index is 604. The Morgan fingerprint density at radius 1 is 0.450 bits per heavy atom. The number of hydrogen-bond acceptors (Lipinski definition) is 2. The minimum Gasteiger partial charge on any atom is -0.481 e. The molecule has 0 aromatic heterocycles. The first-order chi connectivity index (χ1) is 19.5. The second kappa shape index (κ2) is 25.6. The monoisotopic (exact) mass is 565 g/mol. The molecule has 2 N–H and O–H groups in total. The summed E-state index contributed by atoms with van der Waals surface area (Å²) in [6.07, 6.45) is 34.4. The molecule has 0 aromatic carbocycles. The van der Waals surface area contributed by atoms with Gasteiger partial charge in [0.15, 0.2) is 0 Å². The second-order valence-electron chi connectivity index (χ2n) is 13.2. The molecule has 3 unspecified atom stereocenters. The van der Waals surface area contributed by atoms with Crippen LogP contribution in [0.5, 0.6) is 0 Å². The molecule has 0 spiro atoms. The molecule has 4 heteroatoms. The third kappa shape index (κ3) is 19.1. The highest BCUT2D eigenvalue weighted by Crippen LogP contribution is 2.47. The number of carbonyl (C=O) groups is 2. The molecule has 236 valence electrons. The molecule has 0 amide bonds. The van der Waals surface area contributed by atoms with Gasteiger partial charge in [-0.05, 0) is 62.2 Å². The molecule has 4 atom stereocenters. The van der Waals surface area contributed by atoms with E-state index in [1.165, 1.54) is 141 Å². The van der Waals surface area contributed by atoms with Crippen molar-refractivity contribution < 1.29 is 19.8 Å². The molecule has 40 heavy (non-hydrogen) atoms. The van der Waals surface area contributed by atoms with E-state index in [9.17, 15) is 9.59 Å². The fraction of sp³-hybridized carbons (Fsp3) is 0.944. The van der Waals surface area contributed by atoms with E-state index in [-0.39, 0.29) is 0 Å². The van der Waals surface area contributed by atoms with Gasteiger partial charge in [-0.3, -0.25) is 9.59 Å². The number of carboxylic acids is 2. The van der Waals surface area contributed by atoms with Crippen molar-refractivity contribution in [1.82, 2.24) is 0 Å². The van der Waals surface area contributed by atoms with Crippen molar-refractivity contribution in [3.05, 3.63) is 0 Å². The first kappa shape index (κ1) is 37.0. The number of carboxylic acid groups (broad SMARTS) is 2. The lowest BCUT2D eigenvalue weighted by Gasteiger charge is -2.44. The van der Waals surface area contributed by atoms with Crippen LogP contribution in [0.3, 0.4) is 0 Å². The van der Waals surface area contributed by atoms with Gasteiger partial charge in [-0.15, -0.1) is 0 Å². The predicted octanol–water partition coefficient (Wildman–Crippen LogP) is 11.6. The zero-order valence-corrected chi connectivity index (χ0v) is 26.8. The van der Waals surface area contributed by atoms with Crippen LogP contribution in [-0.2, 0) is 9.59 Å². The maximum absolute atomic E-state index is 10.8. The summed E-state index contributed by atoms with van der Waals surface area (Å²) in [5, 5.41) is 17.7. The number of hydrogen-bond donors (Lipinski definition) is 2. The van der Waals surface area contributed by atoms with Gasteiger partial charge in [0.05, 0.1) is 0 Å². The maximum Gasteiger partial charge on any atom is 0.303 e. The molecule has 0 aliphatic heterocycles. The van der Waals surface area contributed by atoms with Gasteiger partial charge in [0.25, 0.3) is 0 Å². The molecular weight excluding hydrogens is 496 g/mol. The lowest BCUT2D eigenvalue weighted by molar-refractivity contribution is -0.138. The van der Waals surface area contributed by atoms with E-state index in [0.29, 0.717) is 12.8 Å². The summed E-state index contributed by atoms with van der Waals surface area (Å²) in [7, 11) is 0. The van der Waals surface area contributed by atoms with Crippen molar-refractivity contribution in [2.45, 2.75) is 194 Å². The summed E-state index contributed by atoms with van der Waals surface area (Å²) in [5.41, 5.74) is 0. The molecule has 0 heterocycles. The van der Waals surface area contributed by atoms with E-state index >= 15 is 0 Å². The van der Waals surface area contributed by atoms with Gasteiger partial charge >= 0.3 is 11.9 Å². The molecule has 1 saturated carbocycles. The van der Waals surface area contributed by atoms with Gasteiger partial charge < -0.3 is 10.2 Å². The number of unbranched alkanes of at least 4 members (excludes halogenated alkanes) is 16. The van der Waals surface area contributed by atoms with E-state index in [4.69, 9.17) is 10.2 Å². The van der Waals surface area contributed by atoms with Gasteiger partial charge in [-0.1, -0.05) is 142 Å². The van der Waals surface area contributed by atoms with Crippen LogP contribution in [0.15, 0.2) is 0 Å². The van der Waals surface area contributed by atoms with Crippen LogP contribution in [-0.4, -0.2) is 22.2 Å². The van der Waals surface area contributed by atoms with Crippen LogP contribution >= 0.6 is 0 Å². The van der Waals surface area contributed by atoms with Crippen LogP contribution in [0.25, 0.3) is 0 Å². The molecule has 1 fully saturated rings. The molecule has 1 aliphatic carbocycles. The summed E-state index contributed by atoms with van der Waals surface area (Å²) in [4.78, 5) is 21.5. The fourth-order valence-corrected chi connectivity index (χ4v) is 7.57. The van der Waals surface area contributed by atoms with Gasteiger partial charge in [0.2, 0.25) is 0 Å². The third-order valence-corrected chi connectivity index (χ3v) is 9.88. The molecular formula is C36H68O4. The van der Waals surface area contributed by atoms with Crippen LogP contribution in [0.4, 0.5) is 0 Å². The lowest BCUT2D eigenvalue weighted by Crippen LogP contribution is -2.35. The number of rotatable bonds is 28. The van der Waals surface area contributed by atoms with Crippen LogP contribution in [0, 0.1) is 23.7 Å². The van der Waals surface area contributed by atoms with Crippen LogP contribution in [0.1, 0.15) is 194 Å². The molecule has 0 bridgehead atoms. The minimum atomic E-state index is -0.659. The van der Waals surface area contributed by atoms with Crippen molar-refractivity contribution in [3.63, 3.8) is 0 Å². The van der Waals surface area contributed by atoms with E-state index in [0.717, 1.165) is 49.4 Å². The molecule has 1 rings (SSSR count). The normalized spacial score (nSPS) is 21.1. The van der Waals surface area contributed by atoms with Crippen LogP contribution < -0.4 is 0 Å². The van der Waals surface area contributed by atoms with E-state index in [2.05, 4.69) is 13.8 Å². The molecule has 1 aliphatic rings. The summed E-state index contributed by atoms with van der Waals surface area (Å²) < 4.78 is 0. The second-order valence-corrected chi connectivity index (χ2v) is 13.2. The van der Waals surface area contributed by atoms with Crippen molar-refractivity contribution in [3.8, 4) is 0 Å². The molecule has 0 radical (unpaired) electrons. The SMILES string of the molecule is CCCCCCC1CC[C@@H](CCCCCCCC(=O)O)C(CCCCCCCCCC(=O)O)C1CCCCCC. The third-order valence-electron chi connectivity index (χ3n) is 9.88. The van der Waals surface area contributed by atoms with Gasteiger partial charge in [0, 0.05) is 12.8 Å². The minimum absolute atomic E-state index is 0.324. The Labute approximate surface area is 248 Å². The molecule has 0 saturated heterocycles. The largest absolute Gasteiger partial charge is 0.481 e. The Hall–Kier alpha value is -1.06. The van der Waals surface area contributed by atoms with E-state index < -0.39 is 11.9 Å². The Morgan fingerprint density at radius 3 is 1.10 bits per heavy atom. The van der Waals surface area contributed by atoms with Crippen molar-refractivity contribution >= 4 is 11.9 Å². The van der Waals surface area contributed by atoms with Crippen molar-refractivity contribution in [2.75, 3.05) is 0 Å². The first-order valence-electron chi connectivity index (χ1n) is 17.9. The average molecular weight is 565 g/mol. The van der Waals surface area contributed by atoms with E-state index in [1.807, 2.05) is 0 Å². The maximum atomic E-state index is 10.8. The highest BCUT2D eigenvalue weighted by Gasteiger charge is 2.37. The summed E-state index contributed by atoms with van der Waals surface area (Å²) in [5.74, 6) is 2.38. The zero-order chi connectivity index (χ0) is 29.3. The topological polar surface area (TPSA) is 74.6 Å². The summed E-state index contributed by atoms with van der Waals surface area (Å²) in [6.45, 7) is 4.64. The van der Waals surface area contributed by atoms with Crippen molar-refractivity contribution in [2.24, 2.45) is 23.7 Å². The number of aliphatic carboxylic acids is 2. The van der Waals surface area contributed by atoms with Crippen molar-refractivity contribution in [1.29, 1.82) is 0 Å². The average Bonchev–Trinajstić information content (AvgIpc) is 2.93. The highest BCUT2D eigenvalue weighted by atomic mass is 16.4. The first-order valence-corrected chi connectivity index (χ1v) is 17.9. The summed E-state index contributed by atoms with van der Waals surface area (Å²) in [6, 6.07) is 0. The summed E-state index contributed by atoms with van der Waals surface area (Å²) >= 11 is 0. The molecule has 0 aromatic rings. The van der Waals surface area contributed by atoms with Gasteiger partial charge in [-0.25, -0.2) is 0 Å². The standard InChI is InChI=1S/C36H68O4/c1-3-5-7-17-23-31-29-30-32(24-18-13-12-16-22-28-36(39)40)34(33(31)25-19-8-6-4-2)26-20-14-10-9-11-15-21-27-35(37)38/h31-34H,3-30H2,1-2H3,(H,37,38)(H,39,40)/t31?,32-,33?,34?/m1/s1. The Kier molecular flexibility index (Phi) is 23.7. The Morgan fingerprint density at radius 2 is 0.750 bits per heavy atom. The van der Waals surface area contributed by atoms with Gasteiger partial charge in [-0.2, -0.15) is 0 Å². The highest BCUT2D eigenvalue weighted by molar-refractivity contribution is 5.66. The van der Waals surface area contributed by atoms with Crippen LogP contribution in [0.2, 0.25) is 0 Å². The molecule has 4 nitrogen and oxygen atoms in total. The zero-order valence-electron chi connectivity index (χ0n) is 26.8. The fourth-order valence-electron chi connectivity index (χ4n) is 7.57. The lowest BCUT2D eigenvalue weighted by atomic mass is 9.61. The quantitative estimate of drug-likeness (QED) is 0.0927. The Balaban J connectivity index is 2.64. The smallest absolute Gasteiger partial charge is 0.303 e. The predicted molar refractivity (Wildman–Crippen MR) is 170 cm³/mol. The van der Waals surface area contributed by atoms with Gasteiger partial charge in [0.1, 0.15) is 0 Å².